The molecular weight excluding hydrogens is 558 g/mol. The molecule has 5 aromatic rings. The van der Waals surface area contributed by atoms with E-state index < -0.39 is 6.04 Å². The van der Waals surface area contributed by atoms with Crippen LogP contribution < -0.4 is 0 Å². The van der Waals surface area contributed by atoms with E-state index in [-0.39, 0.29) is 18.4 Å². The molecule has 3 heterocycles. The van der Waals surface area contributed by atoms with Crippen molar-refractivity contribution < 1.29 is 9.59 Å². The molecule has 0 saturated carbocycles. The second-order valence-corrected chi connectivity index (χ2v) is 11.6. The van der Waals surface area contributed by atoms with E-state index in [9.17, 15) is 9.59 Å². The third-order valence-electron chi connectivity index (χ3n) is 8.43. The van der Waals surface area contributed by atoms with Gasteiger partial charge in [-0.15, -0.1) is 0 Å². The number of amides is 2. The van der Waals surface area contributed by atoms with Crippen LogP contribution in [0, 0.1) is 13.8 Å². The Bertz CT molecular complexity index is 1800. The first-order valence-electron chi connectivity index (χ1n) is 15.4. The van der Waals surface area contributed by atoms with Crippen LogP contribution in [0.3, 0.4) is 0 Å². The third kappa shape index (κ3) is 7.10. The lowest BCUT2D eigenvalue weighted by Gasteiger charge is -2.37. The number of benzene rings is 3. The normalized spacial score (nSPS) is 13.4. The van der Waals surface area contributed by atoms with Gasteiger partial charge in [-0.1, -0.05) is 78.9 Å². The predicted octanol–water partition coefficient (Wildman–Crippen LogP) is 6.33. The Hall–Kier alpha value is -5.30. The molecule has 45 heavy (non-hydrogen) atoms. The summed E-state index contributed by atoms with van der Waals surface area (Å²) >= 11 is 0. The van der Waals surface area contributed by atoms with Gasteiger partial charge in [0.25, 0.3) is 0 Å². The molecule has 0 saturated heterocycles. The molecule has 1 N–H and O–H groups in total. The number of aromatic nitrogens is 3. The average Bonchev–Trinajstić information content (AvgIpc) is 3.41. The van der Waals surface area contributed by atoms with E-state index in [1.165, 1.54) is 5.56 Å². The van der Waals surface area contributed by atoms with Crippen molar-refractivity contribution in [3.05, 3.63) is 149 Å². The molecule has 3 aromatic carbocycles. The quantitative estimate of drug-likeness (QED) is 0.202. The van der Waals surface area contributed by atoms with E-state index in [0.29, 0.717) is 19.5 Å². The minimum absolute atomic E-state index is 0.0417. The molecule has 1 atom stereocenters. The second kappa shape index (κ2) is 13.6. The largest absolute Gasteiger partial charge is 0.362 e. The lowest BCUT2D eigenvalue weighted by molar-refractivity contribution is -0.144. The van der Waals surface area contributed by atoms with Gasteiger partial charge >= 0.3 is 0 Å². The summed E-state index contributed by atoms with van der Waals surface area (Å²) in [6.45, 7) is 5.42. The highest BCUT2D eigenvalue weighted by molar-refractivity contribution is 5.96. The molecule has 0 unspecified atom stereocenters. The van der Waals surface area contributed by atoms with E-state index in [4.69, 9.17) is 0 Å². The van der Waals surface area contributed by atoms with Crippen LogP contribution in [0.15, 0.2) is 109 Å². The highest BCUT2D eigenvalue weighted by Gasteiger charge is 2.34. The summed E-state index contributed by atoms with van der Waals surface area (Å²) in [7, 11) is 0. The van der Waals surface area contributed by atoms with E-state index >= 15 is 0 Å². The summed E-state index contributed by atoms with van der Waals surface area (Å²) in [6.07, 6.45) is 6.30. The standard InChI is InChI=1S/C38H37N5O2/c1-27-23-33(28(2)40-27)18-19-37(44)43(25-30-14-16-32(17-15-30)35-13-8-21-39-41-35)36(24-29-9-4-3-5-10-29)38(45)42-22-20-31-11-6-7-12-34(31)26-42/h3-19,21,23,36,40H,20,22,24-26H2,1-2H3/t36-/m0/s1. The topological polar surface area (TPSA) is 82.2 Å². The first-order valence-corrected chi connectivity index (χ1v) is 15.4. The Morgan fingerprint density at radius 1 is 0.911 bits per heavy atom. The molecule has 1 aliphatic heterocycles. The maximum Gasteiger partial charge on any atom is 0.247 e. The number of carbonyl (C=O) groups is 2. The fraction of sp³-hybridized carbons (Fsp3) is 0.211. The van der Waals surface area contributed by atoms with Gasteiger partial charge in [0.15, 0.2) is 0 Å². The molecule has 226 valence electrons. The van der Waals surface area contributed by atoms with Crippen molar-refractivity contribution >= 4 is 17.9 Å². The zero-order chi connectivity index (χ0) is 31.2. The molecule has 0 spiro atoms. The summed E-state index contributed by atoms with van der Waals surface area (Å²) < 4.78 is 0. The fourth-order valence-corrected chi connectivity index (χ4v) is 6.01. The number of aromatic amines is 1. The van der Waals surface area contributed by atoms with Gasteiger partial charge in [0.1, 0.15) is 6.04 Å². The van der Waals surface area contributed by atoms with Crippen molar-refractivity contribution in [1.82, 2.24) is 25.0 Å². The van der Waals surface area contributed by atoms with Crippen molar-refractivity contribution in [3.8, 4) is 11.3 Å². The zero-order valence-electron chi connectivity index (χ0n) is 25.7. The van der Waals surface area contributed by atoms with Crippen LogP contribution in [-0.4, -0.2) is 49.4 Å². The minimum Gasteiger partial charge on any atom is -0.362 e. The molecular formula is C38H37N5O2. The molecule has 7 nitrogen and oxygen atoms in total. The second-order valence-electron chi connectivity index (χ2n) is 11.6. The highest BCUT2D eigenvalue weighted by Crippen LogP contribution is 2.24. The van der Waals surface area contributed by atoms with Gasteiger partial charge in [-0.2, -0.15) is 10.2 Å². The summed E-state index contributed by atoms with van der Waals surface area (Å²) in [6, 6.07) is 31.3. The summed E-state index contributed by atoms with van der Waals surface area (Å²) in [4.78, 5) is 35.6. The zero-order valence-corrected chi connectivity index (χ0v) is 25.7. The molecule has 0 bridgehead atoms. The average molecular weight is 596 g/mol. The number of hydrogen-bond donors (Lipinski definition) is 1. The Labute approximate surface area is 264 Å². The van der Waals surface area contributed by atoms with Crippen molar-refractivity contribution in [3.63, 3.8) is 0 Å². The van der Waals surface area contributed by atoms with Crippen LogP contribution in [0.25, 0.3) is 17.3 Å². The molecule has 0 fully saturated rings. The number of H-pyrrole nitrogens is 1. The number of hydrogen-bond acceptors (Lipinski definition) is 4. The van der Waals surface area contributed by atoms with E-state index in [1.54, 1.807) is 17.2 Å². The highest BCUT2D eigenvalue weighted by atomic mass is 16.2. The SMILES string of the molecule is Cc1cc(C=CC(=O)N(Cc2ccc(-c3cccnn3)cc2)[C@@H](Cc2ccccc2)C(=O)N2CCc3ccccc3C2)c(C)[nH]1. The van der Waals surface area contributed by atoms with Gasteiger partial charge in [-0.05, 0) is 72.4 Å². The Kier molecular flexibility index (Phi) is 8.96. The van der Waals surface area contributed by atoms with Gasteiger partial charge in [-0.3, -0.25) is 9.59 Å². The minimum atomic E-state index is -0.691. The van der Waals surface area contributed by atoms with Crippen molar-refractivity contribution in [2.24, 2.45) is 0 Å². The first kappa shape index (κ1) is 29.8. The fourth-order valence-electron chi connectivity index (χ4n) is 6.01. The van der Waals surface area contributed by atoms with E-state index in [0.717, 1.165) is 51.3 Å². The molecule has 1 aliphatic rings. The monoisotopic (exact) mass is 595 g/mol. The molecule has 2 amide bonds. The van der Waals surface area contributed by atoms with Crippen LogP contribution in [0.5, 0.6) is 0 Å². The van der Waals surface area contributed by atoms with Gasteiger partial charge in [0.2, 0.25) is 11.8 Å². The Balaban J connectivity index is 1.35. The maximum atomic E-state index is 14.5. The number of aryl methyl sites for hydroxylation is 2. The Morgan fingerprint density at radius 3 is 2.38 bits per heavy atom. The molecule has 7 heteroatoms. The van der Waals surface area contributed by atoms with Crippen LogP contribution in [0.4, 0.5) is 0 Å². The lowest BCUT2D eigenvalue weighted by atomic mass is 9.97. The smallest absolute Gasteiger partial charge is 0.247 e. The van der Waals surface area contributed by atoms with Gasteiger partial charge in [-0.25, -0.2) is 0 Å². The summed E-state index contributed by atoms with van der Waals surface area (Å²) in [5.41, 5.74) is 9.05. The van der Waals surface area contributed by atoms with Crippen molar-refractivity contribution in [2.45, 2.75) is 45.8 Å². The van der Waals surface area contributed by atoms with Crippen molar-refractivity contribution in [2.75, 3.05) is 6.54 Å². The molecule has 2 aromatic heterocycles. The number of carbonyl (C=O) groups excluding carboxylic acids is 2. The molecule has 6 rings (SSSR count). The van der Waals surface area contributed by atoms with E-state index in [2.05, 4.69) is 27.3 Å². The number of nitrogens with one attached hydrogen (secondary N) is 1. The number of fused-ring (bicyclic) bond motifs is 1. The first-order chi connectivity index (χ1) is 21.9. The van der Waals surface area contributed by atoms with Gasteiger partial charge in [0.05, 0.1) is 5.69 Å². The van der Waals surface area contributed by atoms with Gasteiger partial charge < -0.3 is 14.8 Å². The van der Waals surface area contributed by atoms with Crippen LogP contribution in [0.2, 0.25) is 0 Å². The Morgan fingerprint density at radius 2 is 1.67 bits per heavy atom. The van der Waals surface area contributed by atoms with Crippen LogP contribution >= 0.6 is 0 Å². The maximum absolute atomic E-state index is 14.5. The summed E-state index contributed by atoms with van der Waals surface area (Å²) in [5.74, 6) is -0.252. The molecule has 0 radical (unpaired) electrons. The molecule has 0 aliphatic carbocycles. The number of rotatable bonds is 9. The predicted molar refractivity (Wildman–Crippen MR) is 177 cm³/mol. The van der Waals surface area contributed by atoms with Crippen LogP contribution in [-0.2, 0) is 35.5 Å². The third-order valence-corrected chi connectivity index (χ3v) is 8.43. The van der Waals surface area contributed by atoms with Gasteiger partial charge in [0, 0.05) is 55.3 Å². The van der Waals surface area contributed by atoms with Crippen LogP contribution in [0.1, 0.15) is 39.2 Å². The lowest BCUT2D eigenvalue weighted by Crippen LogP contribution is -2.52. The summed E-state index contributed by atoms with van der Waals surface area (Å²) in [5, 5.41) is 8.21. The van der Waals surface area contributed by atoms with Crippen molar-refractivity contribution in [1.29, 1.82) is 0 Å². The van der Waals surface area contributed by atoms with E-state index in [1.807, 2.05) is 110 Å². The number of nitrogens with zero attached hydrogens (tertiary/aromatic N) is 4.